The summed E-state index contributed by atoms with van der Waals surface area (Å²) in [5, 5.41) is 0. The molecule has 2 aromatic carbocycles. The van der Waals surface area contributed by atoms with Gasteiger partial charge in [-0.05, 0) is 87.8 Å². The van der Waals surface area contributed by atoms with Gasteiger partial charge in [-0.1, -0.05) is 6.07 Å². The standard InChI is InChI=1S/C26H30F7N3O/c1-15-10-20(27)6-7-22(15)23-14-21(34(3)4)8-9-36(23)24(37)35(5)16(2)17-11-18(25(28,29)30)13-19(12-17)26(31,32)33/h6-7,10-13,16,21,23H,8-9,14H2,1-5H3/t16-,21-,23-/m1/s1. The molecule has 1 heterocycles. The lowest BCUT2D eigenvalue weighted by Crippen LogP contribution is -2.50. The lowest BCUT2D eigenvalue weighted by atomic mass is 9.89. The summed E-state index contributed by atoms with van der Waals surface area (Å²) in [6.45, 7) is 3.43. The highest BCUT2D eigenvalue weighted by Crippen LogP contribution is 2.39. The molecule has 0 unspecified atom stereocenters. The van der Waals surface area contributed by atoms with E-state index in [9.17, 15) is 35.5 Å². The Balaban J connectivity index is 1.97. The van der Waals surface area contributed by atoms with Gasteiger partial charge in [0.05, 0.1) is 23.2 Å². The fourth-order valence-electron chi connectivity index (χ4n) is 4.76. The van der Waals surface area contributed by atoms with Crippen LogP contribution in [0.2, 0.25) is 0 Å². The molecular formula is C26H30F7N3O. The second kappa shape index (κ2) is 10.5. The van der Waals surface area contributed by atoms with Crippen molar-refractivity contribution in [3.8, 4) is 0 Å². The summed E-state index contributed by atoms with van der Waals surface area (Å²) in [6.07, 6.45) is -8.82. The van der Waals surface area contributed by atoms with Gasteiger partial charge < -0.3 is 14.7 Å². The van der Waals surface area contributed by atoms with E-state index < -0.39 is 47.4 Å². The predicted octanol–water partition coefficient (Wildman–Crippen LogP) is 7.05. The van der Waals surface area contributed by atoms with E-state index in [0.29, 0.717) is 37.1 Å². The Morgan fingerprint density at radius 1 is 0.973 bits per heavy atom. The summed E-state index contributed by atoms with van der Waals surface area (Å²) in [4.78, 5) is 18.4. The number of halogens is 7. The molecular weight excluding hydrogens is 503 g/mol. The van der Waals surface area contributed by atoms with Crippen molar-refractivity contribution in [1.82, 2.24) is 14.7 Å². The summed E-state index contributed by atoms with van der Waals surface area (Å²) in [7, 11) is 5.18. The normalized spacial score (nSPS) is 19.8. The van der Waals surface area contributed by atoms with Crippen molar-refractivity contribution in [2.45, 2.75) is 57.2 Å². The molecule has 1 aliphatic rings. The van der Waals surface area contributed by atoms with Crippen molar-refractivity contribution in [2.75, 3.05) is 27.7 Å². The Morgan fingerprint density at radius 3 is 2.03 bits per heavy atom. The van der Waals surface area contributed by atoms with E-state index in [2.05, 4.69) is 0 Å². The van der Waals surface area contributed by atoms with Crippen molar-refractivity contribution in [1.29, 1.82) is 0 Å². The Morgan fingerprint density at radius 2 is 1.54 bits per heavy atom. The molecule has 2 aromatic rings. The van der Waals surface area contributed by atoms with Gasteiger partial charge in [0.25, 0.3) is 0 Å². The smallest absolute Gasteiger partial charge is 0.321 e. The van der Waals surface area contributed by atoms with E-state index in [0.717, 1.165) is 10.5 Å². The number of likely N-dealkylation sites (tertiary alicyclic amines) is 1. The first-order valence-electron chi connectivity index (χ1n) is 11.8. The Labute approximate surface area is 211 Å². The van der Waals surface area contributed by atoms with Crippen LogP contribution in [0, 0.1) is 12.7 Å². The first-order valence-corrected chi connectivity index (χ1v) is 11.8. The van der Waals surface area contributed by atoms with E-state index >= 15 is 0 Å². The van der Waals surface area contributed by atoms with Gasteiger partial charge in [0, 0.05) is 19.6 Å². The SMILES string of the molecule is Cc1cc(F)ccc1[C@H]1C[C@H](N(C)C)CCN1C(=O)N(C)[C@H](C)c1cc(C(F)(F)F)cc(C(F)(F)F)c1. The molecule has 3 rings (SSSR count). The lowest BCUT2D eigenvalue weighted by molar-refractivity contribution is -0.143. The van der Waals surface area contributed by atoms with Crippen LogP contribution in [0.4, 0.5) is 35.5 Å². The molecule has 11 heteroatoms. The Bertz CT molecular complexity index is 1100. The summed E-state index contributed by atoms with van der Waals surface area (Å²) in [5.41, 5.74) is -1.77. The maximum absolute atomic E-state index is 13.8. The van der Waals surface area contributed by atoms with Crippen molar-refractivity contribution in [3.05, 3.63) is 70.0 Å². The van der Waals surface area contributed by atoms with E-state index in [4.69, 9.17) is 0 Å². The highest BCUT2D eigenvalue weighted by Gasteiger charge is 2.39. The van der Waals surface area contributed by atoms with Crippen LogP contribution in [0.15, 0.2) is 36.4 Å². The molecule has 2 amide bonds. The molecule has 1 saturated heterocycles. The zero-order valence-electron chi connectivity index (χ0n) is 21.2. The molecule has 0 spiro atoms. The quantitative estimate of drug-likeness (QED) is 0.394. The first-order chi connectivity index (χ1) is 17.0. The molecule has 0 bridgehead atoms. The number of piperidine rings is 1. The van der Waals surface area contributed by atoms with Gasteiger partial charge in [0.1, 0.15) is 5.82 Å². The van der Waals surface area contributed by atoms with E-state index in [-0.39, 0.29) is 17.7 Å². The summed E-state index contributed by atoms with van der Waals surface area (Å²) in [5.74, 6) is -0.421. The Hall–Kier alpha value is -2.82. The van der Waals surface area contributed by atoms with Crippen LogP contribution in [0.25, 0.3) is 0 Å². The number of alkyl halides is 6. The second-order valence-corrected chi connectivity index (χ2v) is 9.76. The molecule has 0 aliphatic carbocycles. The lowest BCUT2D eigenvalue weighted by Gasteiger charge is -2.44. The fraction of sp³-hybridized carbons (Fsp3) is 0.500. The number of urea groups is 1. The minimum absolute atomic E-state index is 0.0669. The fourth-order valence-corrected chi connectivity index (χ4v) is 4.76. The van der Waals surface area contributed by atoms with Crippen molar-refractivity contribution < 1.29 is 35.5 Å². The third-order valence-corrected chi connectivity index (χ3v) is 7.12. The average molecular weight is 534 g/mol. The number of benzene rings is 2. The zero-order valence-corrected chi connectivity index (χ0v) is 21.2. The van der Waals surface area contributed by atoms with Crippen LogP contribution < -0.4 is 0 Å². The van der Waals surface area contributed by atoms with Crippen molar-refractivity contribution in [3.63, 3.8) is 0 Å². The molecule has 37 heavy (non-hydrogen) atoms. The van der Waals surface area contributed by atoms with Gasteiger partial charge in [-0.3, -0.25) is 0 Å². The highest BCUT2D eigenvalue weighted by molar-refractivity contribution is 5.75. The topological polar surface area (TPSA) is 26.8 Å². The monoisotopic (exact) mass is 533 g/mol. The summed E-state index contributed by atoms with van der Waals surface area (Å²) < 4.78 is 94.0. The van der Waals surface area contributed by atoms with Gasteiger partial charge in [0.15, 0.2) is 0 Å². The van der Waals surface area contributed by atoms with E-state index in [1.807, 2.05) is 19.0 Å². The number of nitrogens with zero attached hydrogens (tertiary/aromatic N) is 3. The van der Waals surface area contributed by atoms with E-state index in [1.54, 1.807) is 17.9 Å². The Kier molecular flexibility index (Phi) is 8.16. The molecule has 3 atom stereocenters. The molecule has 1 fully saturated rings. The molecule has 0 saturated carbocycles. The molecule has 0 aromatic heterocycles. The van der Waals surface area contributed by atoms with Crippen LogP contribution in [0.3, 0.4) is 0 Å². The molecule has 0 radical (unpaired) electrons. The van der Waals surface area contributed by atoms with Crippen LogP contribution in [-0.4, -0.2) is 54.5 Å². The van der Waals surface area contributed by atoms with Crippen LogP contribution in [-0.2, 0) is 12.4 Å². The number of carbonyl (C=O) groups excluding carboxylic acids is 1. The summed E-state index contributed by atoms with van der Waals surface area (Å²) in [6, 6.07) is 3.68. The first kappa shape index (κ1) is 28.7. The van der Waals surface area contributed by atoms with Gasteiger partial charge >= 0.3 is 18.4 Å². The molecule has 204 valence electrons. The highest BCUT2D eigenvalue weighted by atomic mass is 19.4. The van der Waals surface area contributed by atoms with Gasteiger partial charge in [-0.2, -0.15) is 26.3 Å². The number of hydrogen-bond acceptors (Lipinski definition) is 2. The number of amides is 2. The third kappa shape index (κ3) is 6.37. The average Bonchev–Trinajstić information content (AvgIpc) is 2.81. The minimum Gasteiger partial charge on any atom is -0.321 e. The van der Waals surface area contributed by atoms with Gasteiger partial charge in [-0.15, -0.1) is 0 Å². The second-order valence-electron chi connectivity index (χ2n) is 9.76. The molecule has 4 nitrogen and oxygen atoms in total. The van der Waals surface area contributed by atoms with Crippen LogP contribution >= 0.6 is 0 Å². The number of rotatable bonds is 4. The van der Waals surface area contributed by atoms with Crippen LogP contribution in [0.1, 0.15) is 59.7 Å². The van der Waals surface area contributed by atoms with E-state index in [1.165, 1.54) is 26.1 Å². The number of aryl methyl sites for hydroxylation is 1. The zero-order chi connectivity index (χ0) is 27.9. The number of carbonyl (C=O) groups is 1. The van der Waals surface area contributed by atoms with Crippen molar-refractivity contribution >= 4 is 6.03 Å². The largest absolute Gasteiger partial charge is 0.416 e. The van der Waals surface area contributed by atoms with Gasteiger partial charge in [0.2, 0.25) is 0 Å². The minimum atomic E-state index is -4.99. The van der Waals surface area contributed by atoms with Crippen LogP contribution in [0.5, 0.6) is 0 Å². The summed E-state index contributed by atoms with van der Waals surface area (Å²) >= 11 is 0. The molecule has 0 N–H and O–H groups in total. The maximum atomic E-state index is 13.8. The number of hydrogen-bond donors (Lipinski definition) is 0. The van der Waals surface area contributed by atoms with Gasteiger partial charge in [-0.25, -0.2) is 9.18 Å². The van der Waals surface area contributed by atoms with Crippen molar-refractivity contribution in [2.24, 2.45) is 0 Å². The third-order valence-electron chi connectivity index (χ3n) is 7.12. The molecule has 1 aliphatic heterocycles. The predicted molar refractivity (Wildman–Crippen MR) is 125 cm³/mol. The maximum Gasteiger partial charge on any atom is 0.416 e.